The number of hydrogen-bond donors (Lipinski definition) is 28. The number of fused-ring (bicyclic) bond motifs is 15. The van der Waals surface area contributed by atoms with Gasteiger partial charge in [-0.25, -0.2) is 4.79 Å². The fraction of sp³-hybridized carbons (Fsp3) is 0.519. The van der Waals surface area contributed by atoms with E-state index in [1.807, 2.05) is 0 Å². The van der Waals surface area contributed by atoms with Crippen LogP contribution in [0, 0.1) is 5.92 Å². The number of hydroxylamine groups is 1. The molecule has 0 aromatic heterocycles. The third kappa shape index (κ3) is 22.5. The number of ether oxygens (including phenoxy) is 8. The average Bonchev–Trinajstić information content (AvgIpc) is 0.764. The normalized spacial score (nSPS) is 30.2. The van der Waals surface area contributed by atoms with Crippen LogP contribution in [0.5, 0.6) is 46.0 Å². The number of aliphatic hydroxyl groups is 14. The molecule has 129 heavy (non-hydrogen) atoms. The van der Waals surface area contributed by atoms with Crippen LogP contribution in [-0.4, -0.2) is 314 Å². The lowest BCUT2D eigenvalue weighted by Gasteiger charge is -2.47. The van der Waals surface area contributed by atoms with Gasteiger partial charge >= 0.3 is 5.97 Å². The molecule has 5 aromatic rings. The zero-order chi connectivity index (χ0) is 94.4. The number of primary amides is 1. The number of amides is 8. The summed E-state index contributed by atoms with van der Waals surface area (Å²) in [6.45, 7) is 2.50. The zero-order valence-electron chi connectivity index (χ0n) is 69.3. The minimum atomic E-state index is -2.51. The van der Waals surface area contributed by atoms with Crippen LogP contribution in [-0.2, 0) is 71.7 Å². The van der Waals surface area contributed by atoms with E-state index >= 15 is 19.2 Å². The number of aliphatic hydroxyl groups excluding tert-OH is 14. The van der Waals surface area contributed by atoms with Crippen LogP contribution >= 0.6 is 23.2 Å². The summed E-state index contributed by atoms with van der Waals surface area (Å²) in [6.07, 6.45) is -38.4. The zero-order valence-corrected chi connectivity index (χ0v) is 70.8. The molecule has 8 aliphatic heterocycles. The number of phenolic OH excluding ortho intramolecular Hbond substituents is 3. The van der Waals surface area contributed by atoms with Gasteiger partial charge in [0.15, 0.2) is 42.3 Å². The van der Waals surface area contributed by atoms with Crippen molar-refractivity contribution < 1.29 is 173 Å². The number of halogens is 2. The van der Waals surface area contributed by atoms with Crippen molar-refractivity contribution in [2.24, 2.45) is 17.4 Å². The van der Waals surface area contributed by atoms with Gasteiger partial charge in [-0.2, -0.15) is 5.48 Å². The summed E-state index contributed by atoms with van der Waals surface area (Å²) in [4.78, 5) is 139. The smallest absolute Gasteiger partial charge is 0.352 e. The van der Waals surface area contributed by atoms with Gasteiger partial charge in [-0.3, -0.25) is 38.4 Å². The Labute approximate surface area is 742 Å². The van der Waals surface area contributed by atoms with Gasteiger partial charge in [-0.05, 0) is 117 Å². The van der Waals surface area contributed by atoms with Crippen molar-refractivity contribution in [2.45, 2.75) is 218 Å². The molecule has 48 heteroatoms. The first kappa shape index (κ1) is 99.4. The second-order valence-electron chi connectivity index (χ2n) is 32.3. The van der Waals surface area contributed by atoms with E-state index < -0.39 is 341 Å². The number of nitrogens with one attached hydrogen (secondary N) is 9. The molecular weight excluding hydrogens is 1760 g/mol. The van der Waals surface area contributed by atoms with Crippen molar-refractivity contribution in [3.05, 3.63) is 117 Å². The summed E-state index contributed by atoms with van der Waals surface area (Å²) in [5, 5.41) is 207. The molecule has 0 spiro atoms. The molecule has 0 aliphatic carbocycles. The molecule has 13 rings (SSSR count). The summed E-state index contributed by atoms with van der Waals surface area (Å²) >= 11 is 14.3. The Morgan fingerprint density at radius 1 is 0.643 bits per heavy atom. The van der Waals surface area contributed by atoms with Gasteiger partial charge in [0.05, 0.1) is 54.5 Å². The molecule has 0 unspecified atom stereocenters. The summed E-state index contributed by atoms with van der Waals surface area (Å²) in [7, 11) is 1.45. The standard InChI is InChI=1S/C81H103Cl2N11O35/c1-28(2)15-39(86-5)71(113)93-56-58(103)31-8-11-44(37(82)17-31)122-46-19-33-20-47(68(46)128-80-69(63(108)61(106)49(27-97)125-80)126-51-24-81(4,85)70(112)29(3)121-51)123-45-12-9-32(18-38(45)83)59(104)57-76(118)92-55(78(120)129-88-14-6-13-87-77(119)65(110)64(109)67(43(101)25-95)127-79-66(111)62(107)60(105)48(26-96)124-79)36-21-34(98)22-42(100)52(36)35-16-30(7-10-41(35)99)53(73(115)94-57)91-74(116)54(33)90-72(114)40(23-50(84)102)89-75(56)117/h7-12,16-22,28-29,39-40,43,48-49,51,53-67,69-70,79-80,86,88,95-101,103-112H,6,13-15,23-27,85H2,1-5H3,(H2,84,102)(H,87,119)(H,89,117)(H,90,114)(H,91,116)(H,92,118)(H,93,113)(H,94,115)/t29-,39+,40-,43+,48+,49+,51-,53+,54+,55-,56+,57-,58+,59+,60-,61+,62-,63-,64+,65+,66+,67+,69+,70+,79-,80-,81-/m0/s1. The lowest BCUT2D eigenvalue weighted by atomic mass is 9.86. The molecule has 8 aliphatic rings. The minimum absolute atomic E-state index is 0.139. The molecule has 11 bridgehead atoms. The Balaban J connectivity index is 1.02. The van der Waals surface area contributed by atoms with Crippen molar-refractivity contribution in [2.75, 3.05) is 40.0 Å². The summed E-state index contributed by atoms with van der Waals surface area (Å²) in [5.74, 6) is -18.1. The first-order valence-corrected chi connectivity index (χ1v) is 41.3. The highest BCUT2D eigenvalue weighted by atomic mass is 35.5. The van der Waals surface area contributed by atoms with Gasteiger partial charge in [0, 0.05) is 47.8 Å². The lowest BCUT2D eigenvalue weighted by Crippen LogP contribution is -2.64. The van der Waals surface area contributed by atoms with Crippen molar-refractivity contribution in [3.8, 4) is 57.1 Å². The molecule has 46 nitrogen and oxygen atoms in total. The molecule has 27 atom stereocenters. The number of carbonyl (C=O) groups excluding carboxylic acids is 9. The van der Waals surface area contributed by atoms with Crippen molar-refractivity contribution >= 4 is 76.4 Å². The van der Waals surface area contributed by atoms with Crippen LogP contribution in [0.1, 0.15) is 112 Å². The fourth-order valence-electron chi connectivity index (χ4n) is 15.3. The maximum atomic E-state index is 16.3. The van der Waals surface area contributed by atoms with Gasteiger partial charge in [-0.1, -0.05) is 55.2 Å². The van der Waals surface area contributed by atoms with Crippen LogP contribution < -0.4 is 73.7 Å². The summed E-state index contributed by atoms with van der Waals surface area (Å²) < 4.78 is 49.1. The van der Waals surface area contributed by atoms with E-state index in [4.69, 9.17) is 77.4 Å². The average molecular weight is 1860 g/mol. The van der Waals surface area contributed by atoms with Crippen molar-refractivity contribution in [1.82, 2.24) is 48.0 Å². The largest absolute Gasteiger partial charge is 0.508 e. The van der Waals surface area contributed by atoms with Gasteiger partial charge in [-0.15, -0.1) is 0 Å². The molecule has 706 valence electrons. The van der Waals surface area contributed by atoms with Crippen molar-refractivity contribution in [3.63, 3.8) is 0 Å². The molecule has 8 heterocycles. The third-order valence-corrected chi connectivity index (χ3v) is 22.9. The van der Waals surface area contributed by atoms with Crippen LogP contribution in [0.2, 0.25) is 10.0 Å². The topological polar surface area (TPSA) is 741 Å². The monoisotopic (exact) mass is 1860 g/mol. The third-order valence-electron chi connectivity index (χ3n) is 22.3. The SMILES string of the molecule is CN[C@H](CC(C)C)C(=O)N[C@H]1C(=O)N[C@@H](CC(N)=O)C(=O)N[C@H]2C(=O)N[C@H]3C(=O)N[C@H](C(=O)N[C@H](C(=O)ONCCCNC(=O)[C@H](O)[C@@H](O)[C@H](O[C@@H]4O[C@H](CO)[C@H](O)[C@H](O)[C@H]4O)[C@H](O)CO)c4cc(O)cc(O)c4-c4cc3ccc4O)[C@H](O)c3ccc(c(Cl)c3)Oc3cc2cc(c3O[C@@H]2O[C@H](CO)[C@@H](O)[C@H](O)[C@H]2O[C@H]2C[C@](C)(N)[C@H](O)[C@H](C)O2)Oc2ccc(cc2Cl)[C@H]1O. The number of aromatic hydroxyl groups is 3. The minimum Gasteiger partial charge on any atom is -0.508 e. The van der Waals surface area contributed by atoms with Gasteiger partial charge < -0.3 is 184 Å². The molecule has 3 fully saturated rings. The Morgan fingerprint density at radius 2 is 1.24 bits per heavy atom. The summed E-state index contributed by atoms with van der Waals surface area (Å²) in [6, 6.07) is -1.81. The Kier molecular flexibility index (Phi) is 32.6. The quantitative estimate of drug-likeness (QED) is 0.0181. The second kappa shape index (κ2) is 42.4. The van der Waals surface area contributed by atoms with Crippen LogP contribution in [0.15, 0.2) is 78.9 Å². The van der Waals surface area contributed by atoms with Gasteiger partial charge in [0.1, 0.15) is 132 Å². The second-order valence-corrected chi connectivity index (χ2v) is 33.1. The van der Waals surface area contributed by atoms with E-state index in [-0.39, 0.29) is 36.3 Å². The highest BCUT2D eigenvalue weighted by Crippen LogP contribution is 2.50. The fourth-order valence-corrected chi connectivity index (χ4v) is 15.8. The number of hydrogen-bond acceptors (Lipinski definition) is 38. The lowest BCUT2D eigenvalue weighted by molar-refractivity contribution is -0.333. The van der Waals surface area contributed by atoms with Crippen LogP contribution in [0.25, 0.3) is 11.1 Å². The van der Waals surface area contributed by atoms with E-state index in [0.717, 1.165) is 72.8 Å². The highest BCUT2D eigenvalue weighted by molar-refractivity contribution is 6.32. The highest BCUT2D eigenvalue weighted by Gasteiger charge is 2.53. The van der Waals surface area contributed by atoms with E-state index in [9.17, 15) is 111 Å². The predicted molar refractivity (Wildman–Crippen MR) is 437 cm³/mol. The number of likely N-dealkylation sites (N-methyl/N-ethyl adjacent to an activating group) is 1. The predicted octanol–water partition coefficient (Wildman–Crippen LogP) is -6.16. The maximum Gasteiger partial charge on any atom is 0.352 e. The molecule has 30 N–H and O–H groups in total. The van der Waals surface area contributed by atoms with E-state index in [1.165, 1.54) is 27.0 Å². The number of rotatable bonds is 26. The van der Waals surface area contributed by atoms with Gasteiger partial charge in [0.25, 0.3) is 5.91 Å². The van der Waals surface area contributed by atoms with E-state index in [1.54, 1.807) is 13.8 Å². The number of phenols is 3. The number of nitrogens with two attached hydrogens (primary N) is 2. The Bertz CT molecular complexity index is 4930. The van der Waals surface area contributed by atoms with Crippen LogP contribution in [0.4, 0.5) is 0 Å². The molecular formula is C81H103Cl2N11O35. The molecule has 3 saturated heterocycles. The van der Waals surface area contributed by atoms with E-state index in [0.29, 0.717) is 0 Å². The molecule has 0 saturated carbocycles. The first-order chi connectivity index (χ1) is 61.0. The molecule has 5 aromatic carbocycles. The van der Waals surface area contributed by atoms with Crippen molar-refractivity contribution in [1.29, 1.82) is 0 Å². The van der Waals surface area contributed by atoms with Crippen LogP contribution in [0.3, 0.4) is 0 Å². The number of carbonyl (C=O) groups is 9. The van der Waals surface area contributed by atoms with E-state index in [2.05, 4.69) is 48.0 Å². The Morgan fingerprint density at radius 3 is 1.84 bits per heavy atom. The van der Waals surface area contributed by atoms with Gasteiger partial charge in [0.2, 0.25) is 53.4 Å². The molecule has 8 amide bonds. The molecule has 0 radical (unpaired) electrons. The maximum absolute atomic E-state index is 16.3. The first-order valence-electron chi connectivity index (χ1n) is 40.5. The number of benzene rings is 5. The summed E-state index contributed by atoms with van der Waals surface area (Å²) in [5.41, 5.74) is 9.81. The Hall–Kier alpha value is -10.2.